The summed E-state index contributed by atoms with van der Waals surface area (Å²) in [5.41, 5.74) is 1.36. The number of hydrogen-bond donors (Lipinski definition) is 1. The molecule has 0 bridgehead atoms. The molecular weight excluding hydrogens is 312 g/mol. The first kappa shape index (κ1) is 14.0. The second-order valence-corrected chi connectivity index (χ2v) is 6.43. The number of carbonyl (C=O) groups is 1. The first-order valence-corrected chi connectivity index (χ1v) is 8.19. The van der Waals surface area contributed by atoms with Gasteiger partial charge in [-0.1, -0.05) is 46.9 Å². The zero-order valence-electron chi connectivity index (χ0n) is 12.2. The van der Waals surface area contributed by atoms with Gasteiger partial charge in [-0.2, -0.15) is 0 Å². The maximum atomic E-state index is 12.1. The Morgan fingerprint density at radius 2 is 2.04 bits per heavy atom. The first-order valence-electron chi connectivity index (χ1n) is 7.37. The number of amides is 1. The van der Waals surface area contributed by atoms with Crippen LogP contribution in [0.25, 0.3) is 10.6 Å². The fraction of sp³-hybridized carbons (Fsp3) is 0.267. The highest BCUT2D eigenvalue weighted by Gasteiger charge is 2.25. The number of nitrogens with zero attached hydrogens (tertiary/aromatic N) is 5. The monoisotopic (exact) mass is 326 g/mol. The Balaban J connectivity index is 1.38. The Morgan fingerprint density at radius 3 is 2.83 bits per heavy atom. The summed E-state index contributed by atoms with van der Waals surface area (Å²) in [6.45, 7) is 0.333. The van der Waals surface area contributed by atoms with Crippen LogP contribution in [-0.2, 0) is 6.54 Å². The van der Waals surface area contributed by atoms with Crippen molar-refractivity contribution in [2.75, 3.05) is 0 Å². The van der Waals surface area contributed by atoms with Crippen LogP contribution in [-0.4, -0.2) is 31.1 Å². The van der Waals surface area contributed by atoms with Crippen LogP contribution in [0.5, 0.6) is 0 Å². The van der Waals surface area contributed by atoms with Gasteiger partial charge in [-0.05, 0) is 12.8 Å². The van der Waals surface area contributed by atoms with Crippen LogP contribution in [0.15, 0.2) is 36.5 Å². The Kier molecular flexibility index (Phi) is 3.58. The molecule has 23 heavy (non-hydrogen) atoms. The quantitative estimate of drug-likeness (QED) is 0.775. The highest BCUT2D eigenvalue weighted by atomic mass is 32.1. The Bertz CT molecular complexity index is 823. The van der Waals surface area contributed by atoms with E-state index in [9.17, 15) is 4.79 Å². The topological polar surface area (TPSA) is 85.6 Å². The molecular formula is C15H14N6OS. The molecule has 0 aliphatic heterocycles. The van der Waals surface area contributed by atoms with Crippen LogP contribution >= 0.6 is 11.3 Å². The molecule has 3 aromatic rings. The average molecular weight is 326 g/mol. The summed E-state index contributed by atoms with van der Waals surface area (Å²) in [4.78, 5) is 12.1. The predicted octanol–water partition coefficient (Wildman–Crippen LogP) is 2.06. The van der Waals surface area contributed by atoms with Crippen LogP contribution < -0.4 is 5.32 Å². The van der Waals surface area contributed by atoms with Gasteiger partial charge in [0.25, 0.3) is 5.91 Å². The number of carbonyl (C=O) groups excluding carboxylic acids is 1. The Hall–Kier alpha value is -2.61. The summed E-state index contributed by atoms with van der Waals surface area (Å²) in [7, 11) is 0. The van der Waals surface area contributed by atoms with Crippen molar-refractivity contribution >= 4 is 17.2 Å². The molecule has 1 aliphatic carbocycles. The van der Waals surface area contributed by atoms with E-state index >= 15 is 0 Å². The molecule has 1 amide bonds. The molecule has 1 aliphatic rings. The van der Waals surface area contributed by atoms with Gasteiger partial charge in [0.1, 0.15) is 10.0 Å². The number of hydrogen-bond acceptors (Lipinski definition) is 6. The number of benzene rings is 1. The number of rotatable bonds is 5. The fourth-order valence-electron chi connectivity index (χ4n) is 2.17. The molecule has 4 rings (SSSR count). The smallest absolute Gasteiger partial charge is 0.273 e. The molecule has 0 radical (unpaired) electrons. The minimum atomic E-state index is -0.242. The lowest BCUT2D eigenvalue weighted by Crippen LogP contribution is -2.23. The van der Waals surface area contributed by atoms with Crippen LogP contribution in [0, 0.1) is 0 Å². The van der Waals surface area contributed by atoms with Crippen LogP contribution in [0.1, 0.15) is 34.4 Å². The van der Waals surface area contributed by atoms with E-state index in [0.29, 0.717) is 18.3 Å². The Morgan fingerprint density at radius 1 is 1.22 bits per heavy atom. The zero-order chi connectivity index (χ0) is 15.6. The normalized spacial score (nSPS) is 13.9. The van der Waals surface area contributed by atoms with E-state index in [0.717, 1.165) is 28.4 Å². The summed E-state index contributed by atoms with van der Waals surface area (Å²) in [6, 6.07) is 10.3. The predicted molar refractivity (Wildman–Crippen MR) is 84.8 cm³/mol. The van der Waals surface area contributed by atoms with E-state index < -0.39 is 0 Å². The van der Waals surface area contributed by atoms with E-state index in [4.69, 9.17) is 0 Å². The first-order chi connectivity index (χ1) is 11.3. The third-order valence-corrected chi connectivity index (χ3v) is 4.52. The van der Waals surface area contributed by atoms with E-state index in [1.54, 1.807) is 10.9 Å². The maximum Gasteiger partial charge on any atom is 0.273 e. The number of nitrogens with one attached hydrogen (secondary N) is 1. The minimum Gasteiger partial charge on any atom is -0.344 e. The largest absolute Gasteiger partial charge is 0.344 e. The second kappa shape index (κ2) is 5.88. The van der Waals surface area contributed by atoms with Crippen LogP contribution in [0.3, 0.4) is 0 Å². The van der Waals surface area contributed by atoms with Crippen molar-refractivity contribution in [3.63, 3.8) is 0 Å². The summed E-state index contributed by atoms with van der Waals surface area (Å²) < 4.78 is 1.76. The van der Waals surface area contributed by atoms with Gasteiger partial charge in [-0.3, -0.25) is 4.79 Å². The highest BCUT2D eigenvalue weighted by Crippen LogP contribution is 2.33. The van der Waals surface area contributed by atoms with Gasteiger partial charge in [0, 0.05) is 5.56 Å². The van der Waals surface area contributed by atoms with Crippen molar-refractivity contribution in [1.29, 1.82) is 0 Å². The number of aromatic nitrogens is 5. The SMILES string of the molecule is O=C(NCc1nnc(-c2ccccc2)s1)c1cn(C2CC2)nn1. The second-order valence-electron chi connectivity index (χ2n) is 5.36. The fourth-order valence-corrected chi connectivity index (χ4v) is 2.95. The molecule has 2 heterocycles. The van der Waals surface area contributed by atoms with Gasteiger partial charge < -0.3 is 5.32 Å². The molecule has 116 valence electrons. The molecule has 0 atom stereocenters. The summed E-state index contributed by atoms with van der Waals surface area (Å²) >= 11 is 1.47. The standard InChI is InChI=1S/C15H14N6OS/c22-14(12-9-21(20-17-12)11-6-7-11)16-8-13-18-19-15(23-13)10-4-2-1-3-5-10/h1-5,9,11H,6-8H2,(H,16,22). The van der Waals surface area contributed by atoms with Gasteiger partial charge in [0.15, 0.2) is 5.69 Å². The third-order valence-electron chi connectivity index (χ3n) is 3.55. The van der Waals surface area contributed by atoms with Crippen molar-refractivity contribution in [3.05, 3.63) is 47.2 Å². The van der Waals surface area contributed by atoms with Crippen molar-refractivity contribution in [2.45, 2.75) is 25.4 Å². The molecule has 1 N–H and O–H groups in total. The van der Waals surface area contributed by atoms with Crippen LogP contribution in [0.2, 0.25) is 0 Å². The van der Waals surface area contributed by atoms with E-state index in [1.807, 2.05) is 30.3 Å². The molecule has 0 unspecified atom stereocenters. The van der Waals surface area contributed by atoms with Gasteiger partial charge in [-0.25, -0.2) is 4.68 Å². The molecule has 0 spiro atoms. The van der Waals surface area contributed by atoms with Crippen molar-refractivity contribution in [1.82, 2.24) is 30.5 Å². The van der Waals surface area contributed by atoms with Crippen molar-refractivity contribution in [2.24, 2.45) is 0 Å². The van der Waals surface area contributed by atoms with E-state index in [2.05, 4.69) is 25.8 Å². The van der Waals surface area contributed by atoms with Crippen LogP contribution in [0.4, 0.5) is 0 Å². The molecule has 1 saturated carbocycles. The van der Waals surface area contributed by atoms with E-state index in [-0.39, 0.29) is 5.91 Å². The maximum absolute atomic E-state index is 12.1. The minimum absolute atomic E-state index is 0.242. The molecule has 0 saturated heterocycles. The molecule has 1 fully saturated rings. The zero-order valence-corrected chi connectivity index (χ0v) is 13.0. The lowest BCUT2D eigenvalue weighted by Gasteiger charge is -1.98. The summed E-state index contributed by atoms with van der Waals surface area (Å²) in [5.74, 6) is -0.242. The van der Waals surface area contributed by atoms with Gasteiger partial charge in [-0.15, -0.1) is 15.3 Å². The van der Waals surface area contributed by atoms with Gasteiger partial charge >= 0.3 is 0 Å². The van der Waals surface area contributed by atoms with Gasteiger partial charge in [0.05, 0.1) is 18.8 Å². The molecule has 2 aromatic heterocycles. The van der Waals surface area contributed by atoms with Crippen molar-refractivity contribution < 1.29 is 4.79 Å². The Labute approximate surface area is 136 Å². The highest BCUT2D eigenvalue weighted by molar-refractivity contribution is 7.14. The van der Waals surface area contributed by atoms with Gasteiger partial charge in [0.2, 0.25) is 0 Å². The molecule has 7 nitrogen and oxygen atoms in total. The lowest BCUT2D eigenvalue weighted by molar-refractivity contribution is 0.0945. The third kappa shape index (κ3) is 3.11. The molecule has 8 heteroatoms. The van der Waals surface area contributed by atoms with Crippen molar-refractivity contribution in [3.8, 4) is 10.6 Å². The molecule has 1 aromatic carbocycles. The lowest BCUT2D eigenvalue weighted by atomic mass is 10.2. The van der Waals surface area contributed by atoms with E-state index in [1.165, 1.54) is 11.3 Å². The average Bonchev–Trinajstić information content (AvgIpc) is 3.14. The summed E-state index contributed by atoms with van der Waals surface area (Å²) in [6.07, 6.45) is 3.91. The summed E-state index contributed by atoms with van der Waals surface area (Å²) in [5, 5.41) is 20.6.